The van der Waals surface area contributed by atoms with E-state index in [0.717, 1.165) is 0 Å². The van der Waals surface area contributed by atoms with Gasteiger partial charge in [0, 0.05) is 13.0 Å². The predicted molar refractivity (Wildman–Crippen MR) is 54.7 cm³/mol. The maximum Gasteiger partial charge on any atom is 0.233 e. The van der Waals surface area contributed by atoms with Gasteiger partial charge in [-0.1, -0.05) is 4.89 Å². The second kappa shape index (κ2) is 8.43. The third-order valence-corrected chi connectivity index (χ3v) is 2.84. The second-order valence-corrected chi connectivity index (χ2v) is 4.82. The van der Waals surface area contributed by atoms with Gasteiger partial charge in [-0.3, -0.25) is 4.84 Å². The lowest BCUT2D eigenvalue weighted by Crippen LogP contribution is -2.28. The van der Waals surface area contributed by atoms with Crippen molar-refractivity contribution in [2.24, 2.45) is 0 Å². The van der Waals surface area contributed by atoms with Crippen LogP contribution < -0.4 is 4.89 Å². The van der Waals surface area contributed by atoms with E-state index in [2.05, 4.69) is 9.57 Å². The molecule has 86 valence electrons. The molecule has 0 rings (SSSR count). The molecule has 0 spiro atoms. The van der Waals surface area contributed by atoms with Gasteiger partial charge >= 0.3 is 0 Å². The monoisotopic (exact) mass is 245 g/mol. The Morgan fingerprint density at radius 1 is 1.29 bits per heavy atom. The Morgan fingerprint density at radius 2 is 2.00 bits per heavy atom. The molecule has 0 amide bonds. The van der Waals surface area contributed by atoms with Gasteiger partial charge in [-0.25, -0.2) is 8.42 Å². The Bertz CT molecular complexity index is 220. The van der Waals surface area contributed by atoms with Crippen molar-refractivity contribution in [3.8, 4) is 0 Å². The van der Waals surface area contributed by atoms with Crippen molar-refractivity contribution >= 4 is 21.6 Å². The number of alkyl halides is 1. The van der Waals surface area contributed by atoms with Crippen LogP contribution in [-0.4, -0.2) is 40.4 Å². The number of halogens is 1. The number of sulfonamides is 1. The maximum absolute atomic E-state index is 11.1. The van der Waals surface area contributed by atoms with Crippen LogP contribution in [0.5, 0.6) is 0 Å². The first-order chi connectivity index (χ1) is 6.62. The summed E-state index contributed by atoms with van der Waals surface area (Å²) in [5, 5.41) is 0. The van der Waals surface area contributed by atoms with Crippen molar-refractivity contribution in [1.82, 2.24) is 4.89 Å². The highest BCUT2D eigenvalue weighted by atomic mass is 35.5. The minimum absolute atomic E-state index is 0.0344. The molecule has 0 bridgehead atoms. The molecule has 0 heterocycles. The summed E-state index contributed by atoms with van der Waals surface area (Å²) in [7, 11) is -1.81. The lowest BCUT2D eigenvalue weighted by molar-refractivity contribution is 0.0438. The average molecular weight is 246 g/mol. The molecule has 0 unspecified atom stereocenters. The summed E-state index contributed by atoms with van der Waals surface area (Å²) in [6, 6.07) is 0. The summed E-state index contributed by atoms with van der Waals surface area (Å²) >= 11 is 5.41. The zero-order valence-corrected chi connectivity index (χ0v) is 9.73. The Morgan fingerprint density at radius 3 is 2.57 bits per heavy atom. The summed E-state index contributed by atoms with van der Waals surface area (Å²) in [6.45, 7) is 0.551. The molecule has 0 aromatic rings. The zero-order chi connectivity index (χ0) is 10.9. The van der Waals surface area contributed by atoms with Crippen LogP contribution in [0.2, 0.25) is 0 Å². The van der Waals surface area contributed by atoms with Gasteiger partial charge in [-0.05, 0) is 12.8 Å². The van der Waals surface area contributed by atoms with Crippen LogP contribution in [0.1, 0.15) is 12.8 Å². The van der Waals surface area contributed by atoms with Gasteiger partial charge in [0.1, 0.15) is 0 Å². The molecule has 5 nitrogen and oxygen atoms in total. The van der Waals surface area contributed by atoms with Crippen LogP contribution in [0.3, 0.4) is 0 Å². The van der Waals surface area contributed by atoms with Crippen molar-refractivity contribution in [1.29, 1.82) is 0 Å². The second-order valence-electron chi connectivity index (χ2n) is 2.64. The largest absolute Gasteiger partial charge is 0.382 e. The number of rotatable bonds is 9. The molecule has 0 aromatic carbocycles. The number of methoxy groups -OCH3 is 1. The Kier molecular flexibility index (Phi) is 8.50. The van der Waals surface area contributed by atoms with Crippen LogP contribution in [0.25, 0.3) is 0 Å². The van der Waals surface area contributed by atoms with Crippen LogP contribution in [0.4, 0.5) is 0 Å². The number of hydrogen-bond donors (Lipinski definition) is 1. The zero-order valence-electron chi connectivity index (χ0n) is 8.16. The minimum Gasteiger partial charge on any atom is -0.382 e. The van der Waals surface area contributed by atoms with E-state index in [1.807, 2.05) is 4.89 Å². The van der Waals surface area contributed by atoms with Crippen molar-refractivity contribution in [3.05, 3.63) is 0 Å². The molecule has 0 aliphatic rings. The van der Waals surface area contributed by atoms with Crippen molar-refractivity contribution in [2.75, 3.05) is 32.0 Å². The quantitative estimate of drug-likeness (QED) is 0.365. The minimum atomic E-state index is -3.32. The molecular formula is C7H16ClNO4S. The van der Waals surface area contributed by atoms with Crippen LogP contribution in [0, 0.1) is 0 Å². The Balaban J connectivity index is 3.52. The summed E-state index contributed by atoms with van der Waals surface area (Å²) in [5.41, 5.74) is 0. The van der Waals surface area contributed by atoms with E-state index in [4.69, 9.17) is 11.6 Å². The number of hydrogen-bond acceptors (Lipinski definition) is 4. The third-order valence-electron chi connectivity index (χ3n) is 1.37. The SMILES string of the molecule is COCCONS(=O)(=O)CCCCCl. The van der Waals surface area contributed by atoms with Crippen LogP contribution in [0.15, 0.2) is 0 Å². The third kappa shape index (κ3) is 8.71. The van der Waals surface area contributed by atoms with Gasteiger partial charge in [0.2, 0.25) is 10.0 Å². The highest BCUT2D eigenvalue weighted by molar-refractivity contribution is 7.89. The van der Waals surface area contributed by atoms with Gasteiger partial charge in [-0.2, -0.15) is 0 Å². The fourth-order valence-electron chi connectivity index (χ4n) is 0.685. The lowest BCUT2D eigenvalue weighted by Gasteiger charge is -2.05. The fraction of sp³-hybridized carbons (Fsp3) is 1.00. The van der Waals surface area contributed by atoms with Crippen molar-refractivity contribution in [2.45, 2.75) is 12.8 Å². The molecule has 0 aliphatic heterocycles. The van der Waals surface area contributed by atoms with E-state index in [1.165, 1.54) is 7.11 Å². The summed E-state index contributed by atoms with van der Waals surface area (Å²) < 4.78 is 27.0. The van der Waals surface area contributed by atoms with E-state index >= 15 is 0 Å². The van der Waals surface area contributed by atoms with E-state index in [-0.39, 0.29) is 12.4 Å². The van der Waals surface area contributed by atoms with Crippen LogP contribution >= 0.6 is 11.6 Å². The van der Waals surface area contributed by atoms with Crippen molar-refractivity contribution < 1.29 is 18.0 Å². The van der Waals surface area contributed by atoms with Gasteiger partial charge in [0.05, 0.1) is 19.0 Å². The first-order valence-electron chi connectivity index (χ1n) is 4.28. The fourth-order valence-corrected chi connectivity index (χ4v) is 1.80. The topological polar surface area (TPSA) is 64.6 Å². The number of nitrogens with one attached hydrogen (secondary N) is 1. The summed E-state index contributed by atoms with van der Waals surface area (Å²) in [5.74, 6) is 0.507. The van der Waals surface area contributed by atoms with E-state index < -0.39 is 10.0 Å². The summed E-state index contributed by atoms with van der Waals surface area (Å²) in [4.78, 5) is 6.68. The van der Waals surface area contributed by atoms with Gasteiger partial charge < -0.3 is 4.74 Å². The normalized spacial score (nSPS) is 11.9. The first kappa shape index (κ1) is 14.1. The predicted octanol–water partition coefficient (Wildman–Crippen LogP) is 0.503. The molecular weight excluding hydrogens is 230 g/mol. The van der Waals surface area contributed by atoms with Gasteiger partial charge in [0.15, 0.2) is 0 Å². The standard InChI is InChI=1S/C7H16ClNO4S/c1-12-5-6-13-9-14(10,11)7-3-2-4-8/h9H,2-7H2,1H3. The number of ether oxygens (including phenoxy) is 1. The molecule has 7 heteroatoms. The molecule has 0 radical (unpaired) electrons. The molecule has 0 atom stereocenters. The van der Waals surface area contributed by atoms with Gasteiger partial charge in [0.25, 0.3) is 0 Å². The Labute approximate surface area is 89.7 Å². The smallest absolute Gasteiger partial charge is 0.233 e. The maximum atomic E-state index is 11.1. The van der Waals surface area contributed by atoms with Crippen molar-refractivity contribution in [3.63, 3.8) is 0 Å². The van der Waals surface area contributed by atoms with E-state index in [0.29, 0.717) is 25.3 Å². The number of unbranched alkanes of at least 4 members (excludes halogenated alkanes) is 1. The highest BCUT2D eigenvalue weighted by Gasteiger charge is 2.08. The lowest BCUT2D eigenvalue weighted by atomic mass is 10.4. The highest BCUT2D eigenvalue weighted by Crippen LogP contribution is 1.96. The molecule has 0 fully saturated rings. The van der Waals surface area contributed by atoms with E-state index in [1.54, 1.807) is 0 Å². The molecule has 0 aliphatic carbocycles. The van der Waals surface area contributed by atoms with Crippen LogP contribution in [-0.2, 0) is 19.6 Å². The molecule has 14 heavy (non-hydrogen) atoms. The van der Waals surface area contributed by atoms with Gasteiger partial charge in [-0.15, -0.1) is 11.6 Å². The average Bonchev–Trinajstić information content (AvgIpc) is 2.13. The first-order valence-corrected chi connectivity index (χ1v) is 6.47. The molecule has 1 N–H and O–H groups in total. The van der Waals surface area contributed by atoms with E-state index in [9.17, 15) is 8.42 Å². The summed E-state index contributed by atoms with van der Waals surface area (Å²) in [6.07, 6.45) is 1.22. The molecule has 0 saturated heterocycles. The molecule has 0 aromatic heterocycles. The Hall–Kier alpha value is 0.120. The molecule has 0 saturated carbocycles.